The zero-order chi connectivity index (χ0) is 12.0. The molecule has 16 heavy (non-hydrogen) atoms. The van der Waals surface area contributed by atoms with Crippen LogP contribution in [0.25, 0.3) is 0 Å². The van der Waals surface area contributed by atoms with Crippen LogP contribution in [0.1, 0.15) is 36.8 Å². The molecule has 0 aliphatic carbocycles. The highest BCUT2D eigenvalue weighted by molar-refractivity contribution is 5.87. The van der Waals surface area contributed by atoms with Crippen molar-refractivity contribution in [3.63, 3.8) is 0 Å². The summed E-state index contributed by atoms with van der Waals surface area (Å²) in [5.41, 5.74) is 0.478. The van der Waals surface area contributed by atoms with Crippen molar-refractivity contribution < 1.29 is 14.3 Å². The second-order valence-corrected chi connectivity index (χ2v) is 3.40. The zero-order valence-corrected chi connectivity index (χ0v) is 9.97. The van der Waals surface area contributed by atoms with Gasteiger partial charge < -0.3 is 9.47 Å². The van der Waals surface area contributed by atoms with Gasteiger partial charge in [-0.3, -0.25) is 4.68 Å². The summed E-state index contributed by atoms with van der Waals surface area (Å²) in [5.74, 6) is -0.338. The third kappa shape index (κ3) is 2.82. The van der Waals surface area contributed by atoms with Gasteiger partial charge in [0, 0.05) is 13.3 Å². The molecule has 1 atom stereocenters. The van der Waals surface area contributed by atoms with Gasteiger partial charge in [-0.25, -0.2) is 4.79 Å². The fourth-order valence-electron chi connectivity index (χ4n) is 1.53. The Bertz CT molecular complexity index is 336. The molecule has 1 heterocycles. The van der Waals surface area contributed by atoms with Crippen molar-refractivity contribution in [3.8, 4) is 0 Å². The number of hydrogen-bond acceptors (Lipinski definition) is 4. The number of ether oxygens (including phenoxy) is 2. The largest absolute Gasteiger partial charge is 0.461 e. The standard InChI is InChI=1S/C11H18N2O3/c1-4-9(8-15-3)13-10(6-7-12-13)11(14)16-5-2/h6-7,9H,4-5,8H2,1-3H3. The van der Waals surface area contributed by atoms with Crippen LogP contribution >= 0.6 is 0 Å². The van der Waals surface area contributed by atoms with Crippen molar-refractivity contribution in [1.29, 1.82) is 0 Å². The molecule has 5 nitrogen and oxygen atoms in total. The molecule has 0 amide bonds. The number of hydrogen-bond donors (Lipinski definition) is 0. The number of aromatic nitrogens is 2. The molecule has 0 spiro atoms. The number of carbonyl (C=O) groups is 1. The number of nitrogens with zero attached hydrogens (tertiary/aromatic N) is 2. The van der Waals surface area contributed by atoms with Gasteiger partial charge >= 0.3 is 5.97 Å². The van der Waals surface area contributed by atoms with Crippen molar-refractivity contribution in [1.82, 2.24) is 9.78 Å². The quantitative estimate of drug-likeness (QED) is 0.692. The fraction of sp³-hybridized carbons (Fsp3) is 0.636. The summed E-state index contributed by atoms with van der Waals surface area (Å²) >= 11 is 0. The number of methoxy groups -OCH3 is 1. The topological polar surface area (TPSA) is 53.3 Å². The summed E-state index contributed by atoms with van der Waals surface area (Å²) in [5, 5.41) is 4.15. The van der Waals surface area contributed by atoms with E-state index in [4.69, 9.17) is 9.47 Å². The molecule has 1 aromatic heterocycles. The van der Waals surface area contributed by atoms with E-state index in [1.807, 2.05) is 6.92 Å². The summed E-state index contributed by atoms with van der Waals surface area (Å²) in [6.07, 6.45) is 2.45. The van der Waals surface area contributed by atoms with Crippen LogP contribution in [0.5, 0.6) is 0 Å². The van der Waals surface area contributed by atoms with E-state index in [-0.39, 0.29) is 12.0 Å². The minimum absolute atomic E-state index is 0.0689. The minimum atomic E-state index is -0.338. The molecule has 5 heteroatoms. The van der Waals surface area contributed by atoms with Crippen LogP contribution in [0.15, 0.2) is 12.3 Å². The zero-order valence-electron chi connectivity index (χ0n) is 9.97. The maximum absolute atomic E-state index is 11.6. The van der Waals surface area contributed by atoms with E-state index in [1.54, 1.807) is 31.0 Å². The Labute approximate surface area is 95.3 Å². The van der Waals surface area contributed by atoms with Gasteiger partial charge in [-0.05, 0) is 19.4 Å². The van der Waals surface area contributed by atoms with E-state index in [0.29, 0.717) is 18.9 Å². The summed E-state index contributed by atoms with van der Waals surface area (Å²) < 4.78 is 11.7. The fourth-order valence-corrected chi connectivity index (χ4v) is 1.53. The molecule has 0 saturated carbocycles. The summed E-state index contributed by atoms with van der Waals surface area (Å²) in [4.78, 5) is 11.6. The first-order chi connectivity index (χ1) is 7.74. The summed E-state index contributed by atoms with van der Waals surface area (Å²) in [6.45, 7) is 4.71. The van der Waals surface area contributed by atoms with Gasteiger partial charge in [0.1, 0.15) is 5.69 Å². The summed E-state index contributed by atoms with van der Waals surface area (Å²) in [7, 11) is 1.64. The third-order valence-corrected chi connectivity index (χ3v) is 2.33. The second kappa shape index (κ2) is 6.27. The van der Waals surface area contributed by atoms with E-state index in [1.165, 1.54) is 0 Å². The first-order valence-electron chi connectivity index (χ1n) is 5.44. The van der Waals surface area contributed by atoms with Gasteiger partial charge in [0.2, 0.25) is 0 Å². The predicted octanol–water partition coefficient (Wildman–Crippen LogP) is 1.66. The monoisotopic (exact) mass is 226 g/mol. The average molecular weight is 226 g/mol. The van der Waals surface area contributed by atoms with Gasteiger partial charge in [-0.1, -0.05) is 6.92 Å². The highest BCUT2D eigenvalue weighted by Crippen LogP contribution is 2.14. The van der Waals surface area contributed by atoms with Crippen molar-refractivity contribution in [2.75, 3.05) is 20.3 Å². The van der Waals surface area contributed by atoms with E-state index < -0.39 is 0 Å². The molecular formula is C11H18N2O3. The highest BCUT2D eigenvalue weighted by Gasteiger charge is 2.18. The third-order valence-electron chi connectivity index (χ3n) is 2.33. The predicted molar refractivity (Wildman–Crippen MR) is 59.4 cm³/mol. The average Bonchev–Trinajstić information content (AvgIpc) is 2.75. The molecule has 1 rings (SSSR count). The SMILES string of the molecule is CCOC(=O)c1ccnn1C(CC)COC. The van der Waals surface area contributed by atoms with E-state index >= 15 is 0 Å². The van der Waals surface area contributed by atoms with Crippen LogP contribution in [0, 0.1) is 0 Å². The second-order valence-electron chi connectivity index (χ2n) is 3.40. The van der Waals surface area contributed by atoms with Crippen LogP contribution in [-0.2, 0) is 9.47 Å². The first-order valence-corrected chi connectivity index (χ1v) is 5.44. The molecule has 0 aromatic carbocycles. The first kappa shape index (κ1) is 12.7. The lowest BCUT2D eigenvalue weighted by Crippen LogP contribution is -2.21. The Kier molecular flexibility index (Phi) is 4.98. The molecule has 0 fully saturated rings. The number of carbonyl (C=O) groups excluding carboxylic acids is 1. The van der Waals surface area contributed by atoms with E-state index in [9.17, 15) is 4.79 Å². The highest BCUT2D eigenvalue weighted by atomic mass is 16.5. The van der Waals surface area contributed by atoms with Crippen molar-refractivity contribution >= 4 is 5.97 Å². The minimum Gasteiger partial charge on any atom is -0.461 e. The Morgan fingerprint density at radius 1 is 1.56 bits per heavy atom. The van der Waals surface area contributed by atoms with Crippen LogP contribution in [0.3, 0.4) is 0 Å². The van der Waals surface area contributed by atoms with Gasteiger partial charge in [-0.2, -0.15) is 5.10 Å². The van der Waals surface area contributed by atoms with E-state index in [0.717, 1.165) is 6.42 Å². The Balaban J connectivity index is 2.87. The van der Waals surface area contributed by atoms with Crippen molar-refractivity contribution in [3.05, 3.63) is 18.0 Å². The van der Waals surface area contributed by atoms with Gasteiger partial charge in [0.25, 0.3) is 0 Å². The number of rotatable bonds is 6. The van der Waals surface area contributed by atoms with Crippen LogP contribution in [0.2, 0.25) is 0 Å². The van der Waals surface area contributed by atoms with Gasteiger partial charge in [0.15, 0.2) is 0 Å². The molecule has 0 N–H and O–H groups in total. The lowest BCUT2D eigenvalue weighted by Gasteiger charge is -2.16. The Hall–Kier alpha value is -1.36. The molecule has 0 bridgehead atoms. The van der Waals surface area contributed by atoms with Crippen LogP contribution in [0.4, 0.5) is 0 Å². The molecule has 1 aromatic rings. The molecular weight excluding hydrogens is 208 g/mol. The van der Waals surface area contributed by atoms with Crippen LogP contribution < -0.4 is 0 Å². The smallest absolute Gasteiger partial charge is 0.356 e. The molecule has 90 valence electrons. The maximum Gasteiger partial charge on any atom is 0.356 e. The molecule has 0 radical (unpaired) electrons. The number of esters is 1. The Morgan fingerprint density at radius 3 is 2.88 bits per heavy atom. The lowest BCUT2D eigenvalue weighted by atomic mass is 10.2. The normalized spacial score (nSPS) is 12.4. The van der Waals surface area contributed by atoms with Crippen molar-refractivity contribution in [2.45, 2.75) is 26.3 Å². The van der Waals surface area contributed by atoms with Crippen molar-refractivity contribution in [2.24, 2.45) is 0 Å². The molecule has 0 aliphatic heterocycles. The van der Waals surface area contributed by atoms with E-state index in [2.05, 4.69) is 5.10 Å². The lowest BCUT2D eigenvalue weighted by molar-refractivity contribution is 0.0502. The molecule has 0 saturated heterocycles. The van der Waals surface area contributed by atoms with Crippen LogP contribution in [-0.4, -0.2) is 36.1 Å². The molecule has 0 aliphatic rings. The molecule has 1 unspecified atom stereocenters. The Morgan fingerprint density at radius 2 is 2.31 bits per heavy atom. The van der Waals surface area contributed by atoms with Gasteiger partial charge in [-0.15, -0.1) is 0 Å². The van der Waals surface area contributed by atoms with Gasteiger partial charge in [0.05, 0.1) is 19.3 Å². The maximum atomic E-state index is 11.6. The summed E-state index contributed by atoms with van der Waals surface area (Å²) in [6, 6.07) is 1.73.